The molecule has 1 heterocycles. The molecule has 1 aromatic heterocycles. The van der Waals surface area contributed by atoms with Crippen LogP contribution >= 0.6 is 0 Å². The molecule has 0 spiro atoms. The molecule has 0 aliphatic heterocycles. The van der Waals surface area contributed by atoms with E-state index < -0.39 is 0 Å². The summed E-state index contributed by atoms with van der Waals surface area (Å²) >= 11 is 0. The van der Waals surface area contributed by atoms with Crippen molar-refractivity contribution in [2.75, 3.05) is 6.54 Å². The fourth-order valence-electron chi connectivity index (χ4n) is 1.80. The van der Waals surface area contributed by atoms with Crippen molar-refractivity contribution < 1.29 is 0 Å². The van der Waals surface area contributed by atoms with Crippen LogP contribution in [0.4, 0.5) is 0 Å². The zero-order valence-electron chi connectivity index (χ0n) is 10.4. The Morgan fingerprint density at radius 3 is 2.59 bits per heavy atom. The van der Waals surface area contributed by atoms with Crippen LogP contribution in [0.15, 0.2) is 42.7 Å². The maximum atomic E-state index is 5.74. The molecule has 0 saturated carbocycles. The summed E-state index contributed by atoms with van der Waals surface area (Å²) in [5, 5.41) is 4.38. The van der Waals surface area contributed by atoms with Crippen LogP contribution < -0.4 is 5.73 Å². The molecule has 3 heteroatoms. The number of nitrogens with two attached hydrogens (primary N) is 1. The Bertz CT molecular complexity index is 471. The van der Waals surface area contributed by atoms with E-state index in [2.05, 4.69) is 25.1 Å². The first-order valence-electron chi connectivity index (χ1n) is 5.90. The Morgan fingerprint density at radius 1 is 1.24 bits per heavy atom. The summed E-state index contributed by atoms with van der Waals surface area (Å²) in [6.07, 6.45) is 4.95. The van der Waals surface area contributed by atoms with Gasteiger partial charge >= 0.3 is 0 Å². The van der Waals surface area contributed by atoms with Crippen molar-refractivity contribution >= 4 is 0 Å². The third-order valence-electron chi connectivity index (χ3n) is 2.89. The van der Waals surface area contributed by atoms with E-state index in [0.717, 1.165) is 12.1 Å². The van der Waals surface area contributed by atoms with Gasteiger partial charge in [0.1, 0.15) is 0 Å². The number of aromatic nitrogens is 2. The Morgan fingerprint density at radius 2 is 1.94 bits per heavy atom. The summed E-state index contributed by atoms with van der Waals surface area (Å²) in [6.45, 7) is 5.03. The van der Waals surface area contributed by atoms with Gasteiger partial charge in [-0.25, -0.2) is 4.68 Å². The van der Waals surface area contributed by atoms with Crippen molar-refractivity contribution in [3.05, 3.63) is 48.3 Å². The second-order valence-electron chi connectivity index (χ2n) is 5.17. The monoisotopic (exact) mass is 229 g/mol. The fourth-order valence-corrected chi connectivity index (χ4v) is 1.80. The molecular weight excluding hydrogens is 210 g/mol. The topological polar surface area (TPSA) is 43.8 Å². The van der Waals surface area contributed by atoms with Crippen LogP contribution in [-0.2, 0) is 6.42 Å². The van der Waals surface area contributed by atoms with Gasteiger partial charge in [0.15, 0.2) is 0 Å². The molecule has 2 aromatic rings. The standard InChI is InChI=1S/C14H19N3/c1-14(2,11-15)8-12-9-16-17(10-12)13-6-4-3-5-7-13/h3-7,9-10H,8,11,15H2,1-2H3. The minimum absolute atomic E-state index is 0.130. The van der Waals surface area contributed by atoms with Crippen LogP contribution in [-0.4, -0.2) is 16.3 Å². The van der Waals surface area contributed by atoms with Gasteiger partial charge in [0, 0.05) is 6.20 Å². The maximum absolute atomic E-state index is 5.74. The maximum Gasteiger partial charge on any atom is 0.0645 e. The molecule has 90 valence electrons. The molecule has 0 aliphatic carbocycles. The predicted octanol–water partition coefficient (Wildman–Crippen LogP) is 2.40. The van der Waals surface area contributed by atoms with Gasteiger partial charge in [0.25, 0.3) is 0 Å². The van der Waals surface area contributed by atoms with E-state index >= 15 is 0 Å². The molecule has 0 bridgehead atoms. The number of nitrogens with zero attached hydrogens (tertiary/aromatic N) is 2. The molecule has 3 nitrogen and oxygen atoms in total. The number of hydrogen-bond acceptors (Lipinski definition) is 2. The third-order valence-corrected chi connectivity index (χ3v) is 2.89. The molecule has 0 fully saturated rings. The quantitative estimate of drug-likeness (QED) is 0.875. The van der Waals surface area contributed by atoms with E-state index in [4.69, 9.17) is 5.73 Å². The molecule has 0 saturated heterocycles. The van der Waals surface area contributed by atoms with Crippen LogP contribution in [0.5, 0.6) is 0 Å². The van der Waals surface area contributed by atoms with E-state index in [1.165, 1.54) is 5.56 Å². The minimum atomic E-state index is 0.130. The largest absolute Gasteiger partial charge is 0.330 e. The molecule has 0 radical (unpaired) electrons. The highest BCUT2D eigenvalue weighted by molar-refractivity contribution is 5.31. The molecular formula is C14H19N3. The van der Waals surface area contributed by atoms with Gasteiger partial charge in [-0.1, -0.05) is 32.0 Å². The second-order valence-corrected chi connectivity index (χ2v) is 5.17. The lowest BCUT2D eigenvalue weighted by atomic mass is 9.87. The summed E-state index contributed by atoms with van der Waals surface area (Å²) < 4.78 is 1.90. The highest BCUT2D eigenvalue weighted by Crippen LogP contribution is 2.20. The van der Waals surface area contributed by atoms with Gasteiger partial charge in [0.2, 0.25) is 0 Å². The first-order chi connectivity index (χ1) is 8.11. The van der Waals surface area contributed by atoms with E-state index in [1.807, 2.05) is 41.2 Å². The number of para-hydroxylation sites is 1. The van der Waals surface area contributed by atoms with E-state index in [-0.39, 0.29) is 5.41 Å². The third kappa shape index (κ3) is 2.94. The lowest BCUT2D eigenvalue weighted by molar-refractivity contribution is 0.377. The average molecular weight is 229 g/mol. The summed E-state index contributed by atoms with van der Waals surface area (Å²) in [4.78, 5) is 0. The van der Waals surface area contributed by atoms with Crippen LogP contribution in [0.1, 0.15) is 19.4 Å². The van der Waals surface area contributed by atoms with Crippen LogP contribution in [0.25, 0.3) is 5.69 Å². The average Bonchev–Trinajstić information content (AvgIpc) is 2.78. The SMILES string of the molecule is CC(C)(CN)Cc1cnn(-c2ccccc2)c1. The molecule has 1 aromatic carbocycles. The Balaban J connectivity index is 2.17. The molecule has 0 unspecified atom stereocenters. The van der Waals surface area contributed by atoms with Gasteiger partial charge in [-0.2, -0.15) is 5.10 Å². The minimum Gasteiger partial charge on any atom is -0.330 e. The zero-order valence-corrected chi connectivity index (χ0v) is 10.4. The van der Waals surface area contributed by atoms with Gasteiger partial charge in [-0.3, -0.25) is 0 Å². The zero-order chi connectivity index (χ0) is 12.3. The molecule has 17 heavy (non-hydrogen) atoms. The van der Waals surface area contributed by atoms with Crippen molar-refractivity contribution in [1.29, 1.82) is 0 Å². The predicted molar refractivity (Wildman–Crippen MR) is 70.1 cm³/mol. The van der Waals surface area contributed by atoms with Gasteiger partial charge < -0.3 is 5.73 Å². The Hall–Kier alpha value is -1.61. The second kappa shape index (κ2) is 4.72. The summed E-state index contributed by atoms with van der Waals surface area (Å²) in [5.41, 5.74) is 8.19. The first-order valence-corrected chi connectivity index (χ1v) is 5.90. The summed E-state index contributed by atoms with van der Waals surface area (Å²) in [7, 11) is 0. The van der Waals surface area contributed by atoms with Crippen molar-refractivity contribution in [3.63, 3.8) is 0 Å². The first kappa shape index (κ1) is 11.9. The van der Waals surface area contributed by atoms with Gasteiger partial charge in [-0.15, -0.1) is 0 Å². The van der Waals surface area contributed by atoms with Crippen molar-refractivity contribution in [1.82, 2.24) is 9.78 Å². The van der Waals surface area contributed by atoms with Gasteiger partial charge in [-0.05, 0) is 36.1 Å². The number of rotatable bonds is 4. The lowest BCUT2D eigenvalue weighted by Crippen LogP contribution is -2.25. The number of hydrogen-bond donors (Lipinski definition) is 1. The van der Waals surface area contributed by atoms with Crippen molar-refractivity contribution in [2.45, 2.75) is 20.3 Å². The van der Waals surface area contributed by atoms with Crippen LogP contribution in [0, 0.1) is 5.41 Å². The molecule has 2 N–H and O–H groups in total. The summed E-state index contributed by atoms with van der Waals surface area (Å²) in [5.74, 6) is 0. The molecule has 0 atom stereocenters. The normalized spacial score (nSPS) is 11.7. The Labute approximate surface area is 102 Å². The molecule has 2 rings (SSSR count). The highest BCUT2D eigenvalue weighted by Gasteiger charge is 2.17. The fraction of sp³-hybridized carbons (Fsp3) is 0.357. The van der Waals surface area contributed by atoms with Gasteiger partial charge in [0.05, 0.1) is 11.9 Å². The van der Waals surface area contributed by atoms with E-state index in [0.29, 0.717) is 6.54 Å². The lowest BCUT2D eigenvalue weighted by Gasteiger charge is -2.20. The molecule has 0 amide bonds. The molecule has 0 aliphatic rings. The van der Waals surface area contributed by atoms with E-state index in [1.54, 1.807) is 0 Å². The number of benzene rings is 1. The van der Waals surface area contributed by atoms with Crippen LogP contribution in [0.3, 0.4) is 0 Å². The van der Waals surface area contributed by atoms with Crippen LogP contribution in [0.2, 0.25) is 0 Å². The smallest absolute Gasteiger partial charge is 0.0645 e. The van der Waals surface area contributed by atoms with Crippen molar-refractivity contribution in [3.8, 4) is 5.69 Å². The summed E-state index contributed by atoms with van der Waals surface area (Å²) in [6, 6.07) is 10.1. The Kier molecular flexibility index (Phi) is 3.29. The van der Waals surface area contributed by atoms with Crippen molar-refractivity contribution in [2.24, 2.45) is 11.1 Å². The highest BCUT2D eigenvalue weighted by atomic mass is 15.3. The van der Waals surface area contributed by atoms with E-state index in [9.17, 15) is 0 Å².